The first-order chi connectivity index (χ1) is 12.1. The van der Waals surface area contributed by atoms with Gasteiger partial charge in [-0.25, -0.2) is 9.59 Å². The number of hydrogen-bond donors (Lipinski definition) is 1. The third kappa shape index (κ3) is 4.89. The Morgan fingerprint density at radius 3 is 2.40 bits per heavy atom. The Balaban J connectivity index is 2.24. The second kappa shape index (κ2) is 8.96. The molecule has 1 aliphatic rings. The number of hydrogen-bond acceptors (Lipinski definition) is 7. The quantitative estimate of drug-likeness (QED) is 0.624. The van der Waals surface area contributed by atoms with Gasteiger partial charge in [-0.2, -0.15) is 0 Å². The van der Waals surface area contributed by atoms with E-state index in [9.17, 15) is 9.59 Å². The predicted molar refractivity (Wildman–Crippen MR) is 94.8 cm³/mol. The van der Waals surface area contributed by atoms with E-state index in [1.165, 1.54) is 20.6 Å². The van der Waals surface area contributed by atoms with Crippen LogP contribution in [0, 0.1) is 0 Å². The van der Waals surface area contributed by atoms with E-state index in [1.54, 1.807) is 13.2 Å². The van der Waals surface area contributed by atoms with Crippen LogP contribution in [0.4, 0.5) is 11.4 Å². The van der Waals surface area contributed by atoms with Crippen molar-refractivity contribution in [2.24, 2.45) is 0 Å². The number of anilines is 2. The smallest absolute Gasteiger partial charge is 0.354 e. The molecule has 0 atom stereocenters. The molecule has 7 nitrogen and oxygen atoms in total. The lowest BCUT2D eigenvalue weighted by Gasteiger charge is -2.30. The number of nitrogens with one attached hydrogen (secondary N) is 1. The fourth-order valence-electron chi connectivity index (χ4n) is 2.74. The van der Waals surface area contributed by atoms with Crippen molar-refractivity contribution in [3.8, 4) is 5.75 Å². The van der Waals surface area contributed by atoms with E-state index in [-0.39, 0.29) is 5.70 Å². The number of benzene rings is 1. The molecular weight excluding hydrogens is 324 g/mol. The molecule has 25 heavy (non-hydrogen) atoms. The molecule has 136 valence electrons. The zero-order valence-electron chi connectivity index (χ0n) is 14.8. The van der Waals surface area contributed by atoms with Crippen LogP contribution in [-0.4, -0.2) is 46.4 Å². The van der Waals surface area contributed by atoms with Crippen LogP contribution in [0.1, 0.15) is 19.3 Å². The Kier molecular flexibility index (Phi) is 6.68. The molecule has 1 heterocycles. The average Bonchev–Trinajstić information content (AvgIpc) is 2.67. The van der Waals surface area contributed by atoms with Gasteiger partial charge in [0.15, 0.2) is 0 Å². The lowest BCUT2D eigenvalue weighted by molar-refractivity contribution is -0.138. The topological polar surface area (TPSA) is 77.1 Å². The Bertz CT molecular complexity index is 651. The maximum Gasteiger partial charge on any atom is 0.354 e. The highest BCUT2D eigenvalue weighted by Crippen LogP contribution is 2.33. The lowest BCUT2D eigenvalue weighted by Crippen LogP contribution is -2.29. The van der Waals surface area contributed by atoms with Gasteiger partial charge in [-0.05, 0) is 31.4 Å². The molecule has 1 saturated heterocycles. The molecule has 1 aromatic rings. The van der Waals surface area contributed by atoms with Crippen LogP contribution < -0.4 is 15.0 Å². The molecule has 0 amide bonds. The van der Waals surface area contributed by atoms with E-state index in [4.69, 9.17) is 4.74 Å². The summed E-state index contributed by atoms with van der Waals surface area (Å²) < 4.78 is 14.8. The molecule has 2 rings (SSSR count). The zero-order chi connectivity index (χ0) is 18.2. The summed E-state index contributed by atoms with van der Waals surface area (Å²) in [5.41, 5.74) is 1.62. The molecule has 0 bridgehead atoms. The second-order valence-electron chi connectivity index (χ2n) is 5.63. The van der Waals surface area contributed by atoms with Crippen LogP contribution in [-0.2, 0) is 19.1 Å². The highest BCUT2D eigenvalue weighted by Gasteiger charge is 2.17. The number of methoxy groups -OCH3 is 3. The van der Waals surface area contributed by atoms with Crippen LogP contribution in [0.25, 0.3) is 0 Å². The summed E-state index contributed by atoms with van der Waals surface area (Å²) in [6, 6.07) is 5.57. The third-order valence-electron chi connectivity index (χ3n) is 4.02. The van der Waals surface area contributed by atoms with Gasteiger partial charge in [-0.3, -0.25) is 0 Å². The molecule has 0 radical (unpaired) electrons. The number of rotatable bonds is 6. The molecule has 0 spiro atoms. The number of carbonyl (C=O) groups is 2. The molecule has 0 aromatic heterocycles. The molecule has 0 saturated carbocycles. The molecule has 0 unspecified atom stereocenters. The number of esters is 2. The van der Waals surface area contributed by atoms with Crippen molar-refractivity contribution in [3.63, 3.8) is 0 Å². The van der Waals surface area contributed by atoms with Crippen molar-refractivity contribution in [3.05, 3.63) is 30.0 Å². The number of carbonyl (C=O) groups excluding carboxylic acids is 2. The van der Waals surface area contributed by atoms with Crippen molar-refractivity contribution in [1.82, 2.24) is 0 Å². The first kappa shape index (κ1) is 18.6. The fraction of sp³-hybridized carbons (Fsp3) is 0.444. The molecular formula is C18H24N2O5. The average molecular weight is 348 g/mol. The second-order valence-corrected chi connectivity index (χ2v) is 5.63. The van der Waals surface area contributed by atoms with Crippen molar-refractivity contribution < 1.29 is 23.8 Å². The minimum atomic E-state index is -0.663. The zero-order valence-corrected chi connectivity index (χ0v) is 14.8. The predicted octanol–water partition coefficient (Wildman–Crippen LogP) is 2.33. The van der Waals surface area contributed by atoms with E-state index < -0.39 is 11.9 Å². The Morgan fingerprint density at radius 1 is 1.08 bits per heavy atom. The Morgan fingerprint density at radius 2 is 1.80 bits per heavy atom. The lowest BCUT2D eigenvalue weighted by atomic mass is 10.1. The largest absolute Gasteiger partial charge is 0.495 e. The van der Waals surface area contributed by atoms with Gasteiger partial charge in [-0.1, -0.05) is 0 Å². The standard InChI is InChI=1S/C18H24N2O5/c1-23-16-11-13(7-8-15(16)20-9-5-4-6-10-20)19-14(18(22)25-3)12-17(21)24-2/h7-8,11-12,19H,4-6,9-10H2,1-3H3/b14-12+. The monoisotopic (exact) mass is 348 g/mol. The molecule has 1 aliphatic heterocycles. The number of nitrogens with zero attached hydrogens (tertiary/aromatic N) is 1. The molecule has 1 fully saturated rings. The molecule has 1 N–H and O–H groups in total. The van der Waals surface area contributed by atoms with Crippen LogP contribution >= 0.6 is 0 Å². The first-order valence-electron chi connectivity index (χ1n) is 8.17. The van der Waals surface area contributed by atoms with E-state index in [1.807, 2.05) is 12.1 Å². The normalized spacial score (nSPS) is 14.7. The van der Waals surface area contributed by atoms with Gasteiger partial charge in [-0.15, -0.1) is 0 Å². The summed E-state index contributed by atoms with van der Waals surface area (Å²) in [5, 5.41) is 2.89. The molecule has 7 heteroatoms. The summed E-state index contributed by atoms with van der Waals surface area (Å²) in [4.78, 5) is 25.6. The summed E-state index contributed by atoms with van der Waals surface area (Å²) >= 11 is 0. The van der Waals surface area contributed by atoms with Crippen molar-refractivity contribution >= 4 is 23.3 Å². The van der Waals surface area contributed by atoms with Gasteiger partial charge in [0.05, 0.1) is 33.1 Å². The maximum absolute atomic E-state index is 11.8. The van der Waals surface area contributed by atoms with Crippen molar-refractivity contribution in [2.75, 3.05) is 44.6 Å². The van der Waals surface area contributed by atoms with Crippen LogP contribution in [0.3, 0.4) is 0 Å². The summed E-state index contributed by atoms with van der Waals surface area (Å²) in [5.74, 6) is -0.608. The highest BCUT2D eigenvalue weighted by atomic mass is 16.5. The van der Waals surface area contributed by atoms with E-state index in [0.29, 0.717) is 11.4 Å². The number of piperidine rings is 1. The van der Waals surface area contributed by atoms with Gasteiger partial charge in [0.1, 0.15) is 11.4 Å². The van der Waals surface area contributed by atoms with E-state index in [2.05, 4.69) is 19.7 Å². The van der Waals surface area contributed by atoms with Crippen LogP contribution in [0.2, 0.25) is 0 Å². The highest BCUT2D eigenvalue weighted by molar-refractivity contribution is 5.98. The summed E-state index contributed by atoms with van der Waals surface area (Å²) in [6.45, 7) is 2.00. The number of ether oxygens (including phenoxy) is 3. The van der Waals surface area contributed by atoms with Crippen LogP contribution in [0.5, 0.6) is 5.75 Å². The van der Waals surface area contributed by atoms with Gasteiger partial charge in [0.2, 0.25) is 0 Å². The molecule has 1 aromatic carbocycles. The van der Waals surface area contributed by atoms with Gasteiger partial charge in [0.25, 0.3) is 0 Å². The summed E-state index contributed by atoms with van der Waals surface area (Å²) in [7, 11) is 4.09. The van der Waals surface area contributed by atoms with Crippen molar-refractivity contribution in [1.29, 1.82) is 0 Å². The summed E-state index contributed by atoms with van der Waals surface area (Å²) in [6.07, 6.45) is 4.63. The third-order valence-corrected chi connectivity index (χ3v) is 4.02. The Labute approximate surface area is 147 Å². The van der Waals surface area contributed by atoms with E-state index in [0.717, 1.165) is 37.7 Å². The fourth-order valence-corrected chi connectivity index (χ4v) is 2.74. The van der Waals surface area contributed by atoms with Crippen LogP contribution in [0.15, 0.2) is 30.0 Å². The SMILES string of the molecule is COC(=O)/C=C(/Nc1ccc(N2CCCCC2)c(OC)c1)C(=O)OC. The Hall–Kier alpha value is -2.70. The van der Waals surface area contributed by atoms with E-state index >= 15 is 0 Å². The van der Waals surface area contributed by atoms with Gasteiger partial charge >= 0.3 is 11.9 Å². The minimum Gasteiger partial charge on any atom is -0.495 e. The maximum atomic E-state index is 11.8. The molecule has 0 aliphatic carbocycles. The minimum absolute atomic E-state index is 0.0119. The van der Waals surface area contributed by atoms with Gasteiger partial charge < -0.3 is 24.4 Å². The first-order valence-corrected chi connectivity index (χ1v) is 8.17. The van der Waals surface area contributed by atoms with Gasteiger partial charge in [0, 0.05) is 24.8 Å². The van der Waals surface area contributed by atoms with Crippen molar-refractivity contribution in [2.45, 2.75) is 19.3 Å².